The van der Waals surface area contributed by atoms with Gasteiger partial charge in [0.05, 0.1) is 17.5 Å². The fraction of sp³-hybridized carbons (Fsp3) is 0.435. The second-order valence-electron chi connectivity index (χ2n) is 8.00. The zero-order valence-electron chi connectivity index (χ0n) is 17.5. The van der Waals surface area contributed by atoms with Gasteiger partial charge < -0.3 is 5.32 Å². The Bertz CT molecular complexity index is 970. The Morgan fingerprint density at radius 3 is 2.43 bits per heavy atom. The summed E-state index contributed by atoms with van der Waals surface area (Å²) in [5, 5.41) is 2.96. The number of hydrogen-bond acceptors (Lipinski definition) is 3. The molecular formula is C23H29BrN2O3S. The topological polar surface area (TPSA) is 66.5 Å². The molecule has 1 unspecified atom stereocenters. The van der Waals surface area contributed by atoms with E-state index in [4.69, 9.17) is 0 Å². The van der Waals surface area contributed by atoms with Crippen molar-refractivity contribution in [2.75, 3.05) is 6.54 Å². The van der Waals surface area contributed by atoms with Crippen molar-refractivity contribution < 1.29 is 13.2 Å². The number of carbonyl (C=O) groups excluding carboxylic acids is 1. The number of nitrogens with zero attached hydrogens (tertiary/aromatic N) is 1. The lowest BCUT2D eigenvalue weighted by molar-refractivity contribution is -0.122. The second-order valence-corrected chi connectivity index (χ2v) is 10.8. The highest BCUT2D eigenvalue weighted by molar-refractivity contribution is 9.10. The Hall–Kier alpha value is -1.70. The second kappa shape index (κ2) is 10.1. The Kier molecular flexibility index (Phi) is 7.71. The predicted octanol–water partition coefficient (Wildman–Crippen LogP) is 4.96. The van der Waals surface area contributed by atoms with Gasteiger partial charge in [0, 0.05) is 10.5 Å². The largest absolute Gasteiger partial charge is 0.348 e. The van der Waals surface area contributed by atoms with Crippen LogP contribution in [0.1, 0.15) is 56.2 Å². The molecule has 1 atom stereocenters. The maximum absolute atomic E-state index is 13.4. The Balaban J connectivity index is 1.80. The maximum atomic E-state index is 13.4. The molecule has 3 rings (SSSR count). The molecule has 0 saturated heterocycles. The number of hydrogen-bond donors (Lipinski definition) is 1. The molecule has 1 aliphatic carbocycles. The van der Waals surface area contributed by atoms with Crippen LogP contribution in [-0.2, 0) is 14.8 Å². The van der Waals surface area contributed by atoms with Crippen LogP contribution in [0.4, 0.5) is 0 Å². The van der Waals surface area contributed by atoms with E-state index in [-0.39, 0.29) is 29.4 Å². The number of aryl methyl sites for hydroxylation is 1. The Morgan fingerprint density at radius 2 is 1.80 bits per heavy atom. The first kappa shape index (κ1) is 23.0. The van der Waals surface area contributed by atoms with Gasteiger partial charge in [0.1, 0.15) is 0 Å². The molecule has 0 aliphatic heterocycles. The average Bonchev–Trinajstić information content (AvgIpc) is 2.73. The monoisotopic (exact) mass is 492 g/mol. The third-order valence-electron chi connectivity index (χ3n) is 5.64. The number of nitrogens with one attached hydrogen (secondary N) is 1. The van der Waals surface area contributed by atoms with Gasteiger partial charge in [0.2, 0.25) is 15.9 Å². The van der Waals surface area contributed by atoms with E-state index in [1.165, 1.54) is 4.31 Å². The van der Waals surface area contributed by atoms with Gasteiger partial charge >= 0.3 is 0 Å². The van der Waals surface area contributed by atoms with Gasteiger partial charge in [0.25, 0.3) is 0 Å². The minimum atomic E-state index is -3.75. The molecule has 7 heteroatoms. The van der Waals surface area contributed by atoms with Crippen LogP contribution in [0.15, 0.2) is 57.9 Å². The summed E-state index contributed by atoms with van der Waals surface area (Å²) < 4.78 is 29.2. The van der Waals surface area contributed by atoms with E-state index >= 15 is 0 Å². The van der Waals surface area contributed by atoms with Crippen LogP contribution in [-0.4, -0.2) is 31.2 Å². The molecule has 0 bridgehead atoms. The molecule has 2 aromatic rings. The lowest BCUT2D eigenvalue weighted by Gasteiger charge is -2.33. The highest BCUT2D eigenvalue weighted by atomic mass is 79.9. The zero-order chi connectivity index (χ0) is 21.7. The lowest BCUT2D eigenvalue weighted by atomic mass is 9.95. The van der Waals surface area contributed by atoms with E-state index in [9.17, 15) is 13.2 Å². The summed E-state index contributed by atoms with van der Waals surface area (Å²) in [7, 11) is -3.75. The minimum Gasteiger partial charge on any atom is -0.348 e. The van der Waals surface area contributed by atoms with Crippen molar-refractivity contribution in [3.8, 4) is 0 Å². The summed E-state index contributed by atoms with van der Waals surface area (Å²) in [4.78, 5) is 13.1. The van der Waals surface area contributed by atoms with Crippen LogP contribution in [0, 0.1) is 6.92 Å². The SMILES string of the molecule is Cc1ccc(S(=O)(=O)N(CC(=O)NC(C)c2cccc(Br)c2)C2CCCCC2)cc1. The van der Waals surface area contributed by atoms with Crippen LogP contribution in [0.5, 0.6) is 0 Å². The Morgan fingerprint density at radius 1 is 1.13 bits per heavy atom. The third kappa shape index (κ3) is 5.71. The van der Waals surface area contributed by atoms with Crippen molar-refractivity contribution in [3.05, 3.63) is 64.1 Å². The molecule has 1 fully saturated rings. The number of sulfonamides is 1. The first-order valence-corrected chi connectivity index (χ1v) is 12.6. The molecule has 0 radical (unpaired) electrons. The fourth-order valence-electron chi connectivity index (χ4n) is 3.91. The maximum Gasteiger partial charge on any atom is 0.243 e. The van der Waals surface area contributed by atoms with E-state index in [2.05, 4.69) is 21.2 Å². The number of rotatable bonds is 7. The molecule has 1 N–H and O–H groups in total. The van der Waals surface area contributed by atoms with Crippen molar-refractivity contribution in [2.45, 2.75) is 62.9 Å². The molecule has 5 nitrogen and oxygen atoms in total. The number of halogens is 1. The normalized spacial score (nSPS) is 16.4. The molecule has 1 saturated carbocycles. The molecule has 162 valence electrons. The third-order valence-corrected chi connectivity index (χ3v) is 8.04. The summed E-state index contributed by atoms with van der Waals surface area (Å²) in [6.07, 6.45) is 4.67. The number of benzene rings is 2. The van der Waals surface area contributed by atoms with Crippen LogP contribution < -0.4 is 5.32 Å². The predicted molar refractivity (Wildman–Crippen MR) is 123 cm³/mol. The highest BCUT2D eigenvalue weighted by Gasteiger charge is 2.34. The lowest BCUT2D eigenvalue weighted by Crippen LogP contribution is -2.47. The smallest absolute Gasteiger partial charge is 0.243 e. The first-order chi connectivity index (χ1) is 14.3. The molecule has 30 heavy (non-hydrogen) atoms. The van der Waals surface area contributed by atoms with Gasteiger partial charge in [-0.3, -0.25) is 4.79 Å². The van der Waals surface area contributed by atoms with Gasteiger partial charge in [-0.2, -0.15) is 4.31 Å². The summed E-state index contributed by atoms with van der Waals surface area (Å²) >= 11 is 3.45. The van der Waals surface area contributed by atoms with Crippen molar-refractivity contribution in [1.82, 2.24) is 9.62 Å². The molecule has 2 aromatic carbocycles. The fourth-order valence-corrected chi connectivity index (χ4v) is 5.97. The van der Waals surface area contributed by atoms with E-state index in [1.807, 2.05) is 38.1 Å². The first-order valence-electron chi connectivity index (χ1n) is 10.4. The molecular weight excluding hydrogens is 464 g/mol. The van der Waals surface area contributed by atoms with Crippen molar-refractivity contribution in [1.29, 1.82) is 0 Å². The summed E-state index contributed by atoms with van der Waals surface area (Å²) in [6, 6.07) is 14.2. The van der Waals surface area contributed by atoms with Crippen molar-refractivity contribution >= 4 is 31.9 Å². The van der Waals surface area contributed by atoms with Crippen LogP contribution >= 0.6 is 15.9 Å². The highest BCUT2D eigenvalue weighted by Crippen LogP contribution is 2.28. The van der Waals surface area contributed by atoms with E-state index < -0.39 is 10.0 Å². The minimum absolute atomic E-state index is 0.142. The van der Waals surface area contributed by atoms with E-state index in [0.29, 0.717) is 0 Å². The molecule has 1 aliphatic rings. The van der Waals surface area contributed by atoms with Gasteiger partial charge in [0.15, 0.2) is 0 Å². The molecule has 0 aromatic heterocycles. The zero-order valence-corrected chi connectivity index (χ0v) is 19.9. The average molecular weight is 493 g/mol. The molecule has 0 spiro atoms. The van der Waals surface area contributed by atoms with Gasteiger partial charge in [-0.1, -0.05) is 65.0 Å². The molecule has 0 heterocycles. The van der Waals surface area contributed by atoms with Crippen LogP contribution in [0.3, 0.4) is 0 Å². The van der Waals surface area contributed by atoms with Crippen molar-refractivity contribution in [3.63, 3.8) is 0 Å². The van der Waals surface area contributed by atoms with Gasteiger partial charge in [-0.05, 0) is 56.5 Å². The van der Waals surface area contributed by atoms with Crippen molar-refractivity contribution in [2.24, 2.45) is 0 Å². The molecule has 1 amide bonds. The van der Waals surface area contributed by atoms with E-state index in [0.717, 1.165) is 47.7 Å². The quantitative estimate of drug-likeness (QED) is 0.593. The summed E-state index contributed by atoms with van der Waals surface area (Å²) in [5.74, 6) is -0.288. The van der Waals surface area contributed by atoms with Gasteiger partial charge in [-0.15, -0.1) is 0 Å². The Labute approximate surface area is 188 Å². The van der Waals surface area contributed by atoms with Crippen LogP contribution in [0.2, 0.25) is 0 Å². The standard InChI is InChI=1S/C23H29BrN2O3S/c1-17-11-13-22(14-12-17)30(28,29)26(21-9-4-3-5-10-21)16-23(27)25-18(2)19-7-6-8-20(24)15-19/h6-8,11-15,18,21H,3-5,9-10,16H2,1-2H3,(H,25,27). The summed E-state index contributed by atoms with van der Waals surface area (Å²) in [5.41, 5.74) is 1.96. The number of carbonyl (C=O) groups is 1. The van der Waals surface area contributed by atoms with Crippen LogP contribution in [0.25, 0.3) is 0 Å². The summed E-state index contributed by atoms with van der Waals surface area (Å²) in [6.45, 7) is 3.66. The van der Waals surface area contributed by atoms with Gasteiger partial charge in [-0.25, -0.2) is 8.42 Å². The number of amides is 1. The van der Waals surface area contributed by atoms with E-state index in [1.54, 1.807) is 24.3 Å².